The summed E-state index contributed by atoms with van der Waals surface area (Å²) >= 11 is 0. The molecule has 0 bridgehead atoms. The van der Waals surface area contributed by atoms with Crippen molar-refractivity contribution in [1.82, 2.24) is 29.1 Å². The van der Waals surface area contributed by atoms with Gasteiger partial charge in [-0.1, -0.05) is 146 Å². The van der Waals surface area contributed by atoms with E-state index in [1.807, 2.05) is 48.7 Å². The van der Waals surface area contributed by atoms with E-state index in [0.717, 1.165) is 141 Å². The van der Waals surface area contributed by atoms with E-state index in [-0.39, 0.29) is 6.04 Å². The highest BCUT2D eigenvalue weighted by Crippen LogP contribution is 2.45. The molecule has 0 radical (unpaired) electrons. The standard InChI is InChI=1S/C88H61N9/c1-5-17-64(18-6-1)93(65-19-7-2-8-20-65)73-46-53-87-77(58-73)78-59-74(47-54-88(78)97(87)71-43-35-63(36-44-71)80-49-51-82-84(92-80)27-16-56-90-82)95(67-23-11-4-12-24-67)69-39-31-61(32-40-69)60-29-37-68(38-30-60)94(66-21-9-3-10-22-66)72-45-52-86-76(57-72)75-25-13-14-28-85(75)96(86)70-41-33-62(34-42-70)79-48-50-81-83(91-79)26-15-55-89-81/h1-39,41-59,69H,40H2. The average molecular weight is 1240 g/mol. The smallest absolute Gasteiger partial charge is 0.0894 e. The number of rotatable bonds is 14. The molecule has 0 amide bonds. The molecule has 97 heavy (non-hydrogen) atoms. The van der Waals surface area contributed by atoms with E-state index >= 15 is 0 Å². The van der Waals surface area contributed by atoms with E-state index in [0.29, 0.717) is 0 Å². The number of hydrogen-bond acceptors (Lipinski definition) is 7. The summed E-state index contributed by atoms with van der Waals surface area (Å²) < 4.78 is 4.78. The van der Waals surface area contributed by atoms with Gasteiger partial charge in [0, 0.05) is 102 Å². The predicted octanol–water partition coefficient (Wildman–Crippen LogP) is 22.6. The Kier molecular flexibility index (Phi) is 14.1. The van der Waals surface area contributed by atoms with Crippen molar-refractivity contribution in [2.45, 2.75) is 12.5 Å². The summed E-state index contributed by atoms with van der Waals surface area (Å²) in [6.07, 6.45) is 11.5. The van der Waals surface area contributed by atoms with Crippen LogP contribution in [0.1, 0.15) is 12.0 Å². The molecule has 0 saturated carbocycles. The van der Waals surface area contributed by atoms with Crippen LogP contribution in [0.4, 0.5) is 45.5 Å². The van der Waals surface area contributed by atoms with Crippen molar-refractivity contribution in [3.8, 4) is 33.9 Å². The summed E-state index contributed by atoms with van der Waals surface area (Å²) in [4.78, 5) is 26.1. The van der Waals surface area contributed by atoms with Crippen molar-refractivity contribution in [3.63, 3.8) is 0 Å². The van der Waals surface area contributed by atoms with Gasteiger partial charge in [-0.25, -0.2) is 9.97 Å². The molecule has 18 rings (SSSR count). The van der Waals surface area contributed by atoms with Crippen LogP contribution in [-0.2, 0) is 0 Å². The highest BCUT2D eigenvalue weighted by atomic mass is 15.2. The number of aromatic nitrogens is 6. The van der Waals surface area contributed by atoms with E-state index in [9.17, 15) is 0 Å². The van der Waals surface area contributed by atoms with E-state index in [4.69, 9.17) is 9.97 Å². The van der Waals surface area contributed by atoms with Gasteiger partial charge < -0.3 is 23.8 Å². The van der Waals surface area contributed by atoms with Crippen LogP contribution >= 0.6 is 0 Å². The molecule has 1 aliphatic rings. The quantitative estimate of drug-likeness (QED) is 0.107. The first-order valence-corrected chi connectivity index (χ1v) is 32.9. The van der Waals surface area contributed by atoms with Gasteiger partial charge in [-0.3, -0.25) is 9.97 Å². The van der Waals surface area contributed by atoms with Crippen molar-refractivity contribution in [2.24, 2.45) is 0 Å². The minimum Gasteiger partial charge on any atom is -0.334 e. The van der Waals surface area contributed by atoms with Crippen LogP contribution in [0.3, 0.4) is 0 Å². The maximum Gasteiger partial charge on any atom is 0.0894 e. The Morgan fingerprint density at radius 1 is 0.299 bits per heavy atom. The minimum atomic E-state index is 0.0323. The Morgan fingerprint density at radius 2 is 0.701 bits per heavy atom. The number of pyridine rings is 4. The van der Waals surface area contributed by atoms with Gasteiger partial charge in [0.1, 0.15) is 0 Å². The highest BCUT2D eigenvalue weighted by molar-refractivity contribution is 6.13. The maximum atomic E-state index is 4.99. The van der Waals surface area contributed by atoms with Crippen LogP contribution in [0, 0.1) is 0 Å². The van der Waals surface area contributed by atoms with E-state index in [2.05, 4.69) is 331 Å². The largest absolute Gasteiger partial charge is 0.334 e. The van der Waals surface area contributed by atoms with Gasteiger partial charge in [-0.2, -0.15) is 0 Å². The number of para-hydroxylation sites is 5. The molecule has 9 heteroatoms. The first kappa shape index (κ1) is 56.7. The summed E-state index contributed by atoms with van der Waals surface area (Å²) in [7, 11) is 0. The number of nitrogens with zero attached hydrogens (tertiary/aromatic N) is 9. The number of allylic oxidation sites excluding steroid dienone is 2. The number of anilines is 8. The van der Waals surface area contributed by atoms with Crippen molar-refractivity contribution in [1.29, 1.82) is 0 Å². The lowest BCUT2D eigenvalue weighted by atomic mass is 9.95. The van der Waals surface area contributed by atoms with E-state index in [1.165, 1.54) is 21.9 Å². The monoisotopic (exact) mass is 1240 g/mol. The minimum absolute atomic E-state index is 0.0323. The summed E-state index contributed by atoms with van der Waals surface area (Å²) in [6.45, 7) is 0. The average Bonchev–Trinajstić information content (AvgIpc) is 1.60. The van der Waals surface area contributed by atoms with Gasteiger partial charge in [-0.05, 0) is 212 Å². The van der Waals surface area contributed by atoms with Gasteiger partial charge in [-0.15, -0.1) is 0 Å². The Bertz CT molecular complexity index is 5810. The first-order chi connectivity index (χ1) is 48.1. The van der Waals surface area contributed by atoms with Crippen LogP contribution in [0.15, 0.2) is 352 Å². The lowest BCUT2D eigenvalue weighted by molar-refractivity contribution is 0.787. The molecular formula is C88H61N9. The van der Waals surface area contributed by atoms with Crippen LogP contribution in [0.5, 0.6) is 0 Å². The zero-order valence-electron chi connectivity index (χ0n) is 52.8. The summed E-state index contributed by atoms with van der Waals surface area (Å²) in [6, 6.07) is 115. The molecule has 0 saturated heterocycles. The van der Waals surface area contributed by atoms with E-state index in [1.54, 1.807) is 6.20 Å². The summed E-state index contributed by atoms with van der Waals surface area (Å²) in [5.74, 6) is 0. The third-order valence-corrected chi connectivity index (χ3v) is 18.9. The van der Waals surface area contributed by atoms with Crippen molar-refractivity contribution in [3.05, 3.63) is 358 Å². The van der Waals surface area contributed by atoms with Crippen molar-refractivity contribution in [2.75, 3.05) is 14.7 Å². The summed E-state index contributed by atoms with van der Waals surface area (Å²) in [5, 5.41) is 4.69. The third kappa shape index (κ3) is 10.4. The topological polar surface area (TPSA) is 71.1 Å². The molecule has 6 heterocycles. The molecule has 0 spiro atoms. The molecular weight excluding hydrogens is 1180 g/mol. The lowest BCUT2D eigenvalue weighted by Crippen LogP contribution is -2.30. The Balaban J connectivity index is 0.674. The predicted molar refractivity (Wildman–Crippen MR) is 402 cm³/mol. The number of hydrogen-bond donors (Lipinski definition) is 0. The van der Waals surface area contributed by atoms with Gasteiger partial charge in [0.05, 0.1) is 61.6 Å². The molecule has 17 aromatic rings. The van der Waals surface area contributed by atoms with Gasteiger partial charge in [0.15, 0.2) is 0 Å². The Labute approximate surface area is 561 Å². The number of fused-ring (bicyclic) bond motifs is 8. The second-order valence-electron chi connectivity index (χ2n) is 24.6. The fourth-order valence-electron chi connectivity index (χ4n) is 14.3. The Morgan fingerprint density at radius 3 is 1.19 bits per heavy atom. The molecule has 6 aromatic heterocycles. The highest BCUT2D eigenvalue weighted by Gasteiger charge is 2.25. The van der Waals surface area contributed by atoms with Gasteiger partial charge in [0.2, 0.25) is 0 Å². The molecule has 0 aliphatic heterocycles. The van der Waals surface area contributed by atoms with Crippen LogP contribution in [-0.4, -0.2) is 35.1 Å². The summed E-state index contributed by atoms with van der Waals surface area (Å²) in [5.41, 5.74) is 25.2. The molecule has 11 aromatic carbocycles. The molecule has 1 unspecified atom stereocenters. The van der Waals surface area contributed by atoms with Crippen LogP contribution in [0.25, 0.3) is 105 Å². The fraction of sp³-hybridized carbons (Fsp3) is 0.0227. The van der Waals surface area contributed by atoms with Crippen LogP contribution < -0.4 is 14.7 Å². The molecule has 1 aliphatic carbocycles. The normalized spacial score (nSPS) is 13.0. The van der Waals surface area contributed by atoms with Gasteiger partial charge in [0.25, 0.3) is 0 Å². The first-order valence-electron chi connectivity index (χ1n) is 32.9. The zero-order chi connectivity index (χ0) is 64.2. The fourth-order valence-corrected chi connectivity index (χ4v) is 14.3. The van der Waals surface area contributed by atoms with Gasteiger partial charge >= 0.3 is 0 Å². The van der Waals surface area contributed by atoms with Crippen LogP contribution in [0.2, 0.25) is 0 Å². The molecule has 9 nitrogen and oxygen atoms in total. The second-order valence-corrected chi connectivity index (χ2v) is 24.6. The maximum absolute atomic E-state index is 4.99. The zero-order valence-corrected chi connectivity index (χ0v) is 52.8. The molecule has 458 valence electrons. The molecule has 0 N–H and O–H groups in total. The second kappa shape index (κ2) is 24.2. The molecule has 0 fully saturated rings. The van der Waals surface area contributed by atoms with E-state index < -0.39 is 0 Å². The SMILES string of the molecule is C1=CC(N(c2ccccc2)c2ccc3c(c2)c2cc(N(c4ccccc4)c4ccccc4)ccc2n3-c2ccc(-c3ccc4ncccc4n3)cc2)CC=C1c1ccc(N(c2ccccc2)c2ccc3c(c2)c2ccccc2n3-c2ccc(-c3ccc4ncccc4n3)cc2)cc1. The van der Waals surface area contributed by atoms with Crippen molar-refractivity contribution < 1.29 is 0 Å². The molecule has 1 atom stereocenters. The van der Waals surface area contributed by atoms with Crippen molar-refractivity contribution >= 4 is 117 Å². The lowest BCUT2D eigenvalue weighted by Gasteiger charge is -2.33. The number of benzene rings is 11. The Hall–Kier alpha value is -13.0. The third-order valence-electron chi connectivity index (χ3n) is 18.9.